The third kappa shape index (κ3) is 0.397. The fraction of sp³-hybridized carbons (Fsp3) is 1.00. The molecule has 2 atom stereocenters. The number of likely N-dealkylation sites (tertiary alicyclic amines) is 1. The van der Waals surface area contributed by atoms with Crippen LogP contribution in [0.1, 0.15) is 6.42 Å². The Morgan fingerprint density at radius 1 is 1.20 bits per heavy atom. The van der Waals surface area contributed by atoms with Gasteiger partial charge in [0.15, 0.2) is 0 Å². The lowest BCUT2D eigenvalue weighted by Gasteiger charge is -2.17. The van der Waals surface area contributed by atoms with Gasteiger partial charge < -0.3 is 10.2 Å². The fourth-order valence-corrected chi connectivity index (χ4v) is 3.29. The van der Waals surface area contributed by atoms with Gasteiger partial charge in [-0.15, -0.1) is 0 Å². The summed E-state index contributed by atoms with van der Waals surface area (Å²) in [5.41, 5.74) is 1.48. The van der Waals surface area contributed by atoms with E-state index in [0.717, 1.165) is 10.8 Å². The molecular formula is C8H14N2. The van der Waals surface area contributed by atoms with Crippen molar-refractivity contribution in [2.45, 2.75) is 6.42 Å². The van der Waals surface area contributed by atoms with E-state index in [1.54, 1.807) is 0 Å². The van der Waals surface area contributed by atoms with Crippen molar-refractivity contribution in [3.63, 3.8) is 0 Å². The SMILES string of the molecule is CN1CC23CNCC2(C1)C3. The summed E-state index contributed by atoms with van der Waals surface area (Å²) in [6, 6.07) is 0. The molecule has 56 valence electrons. The van der Waals surface area contributed by atoms with E-state index in [-0.39, 0.29) is 0 Å². The number of piperidine rings is 2. The van der Waals surface area contributed by atoms with Gasteiger partial charge in [0, 0.05) is 37.0 Å². The summed E-state index contributed by atoms with van der Waals surface area (Å²) in [5, 5.41) is 3.50. The van der Waals surface area contributed by atoms with Crippen molar-refractivity contribution in [3.8, 4) is 0 Å². The second kappa shape index (κ2) is 1.28. The predicted octanol–water partition coefficient (Wildman–Crippen LogP) is -0.0885. The first-order chi connectivity index (χ1) is 4.77. The van der Waals surface area contributed by atoms with Gasteiger partial charge in [0.2, 0.25) is 0 Å². The molecule has 2 saturated heterocycles. The summed E-state index contributed by atoms with van der Waals surface area (Å²) in [6.45, 7) is 5.27. The van der Waals surface area contributed by atoms with Crippen LogP contribution in [0, 0.1) is 10.8 Å². The molecule has 0 bridgehead atoms. The monoisotopic (exact) mass is 138 g/mol. The molecule has 2 nitrogen and oxygen atoms in total. The zero-order valence-corrected chi connectivity index (χ0v) is 6.48. The Bertz CT molecular complexity index is 166. The standard InChI is InChI=1S/C8H14N2/c1-10-5-7-2-8(7,6-10)4-9-3-7/h9H,2-6H2,1H3. The molecule has 0 aromatic carbocycles. The highest BCUT2D eigenvalue weighted by Crippen LogP contribution is 2.69. The summed E-state index contributed by atoms with van der Waals surface area (Å²) in [7, 11) is 2.25. The first-order valence-electron chi connectivity index (χ1n) is 4.16. The van der Waals surface area contributed by atoms with Gasteiger partial charge in [-0.1, -0.05) is 0 Å². The fourth-order valence-electron chi connectivity index (χ4n) is 3.29. The molecule has 2 heteroatoms. The van der Waals surface area contributed by atoms with Crippen LogP contribution in [0.2, 0.25) is 0 Å². The lowest BCUT2D eigenvalue weighted by Crippen LogP contribution is -2.30. The Balaban J connectivity index is 1.97. The Hall–Kier alpha value is -0.0800. The van der Waals surface area contributed by atoms with Gasteiger partial charge in [0.05, 0.1) is 0 Å². The zero-order valence-electron chi connectivity index (χ0n) is 6.48. The van der Waals surface area contributed by atoms with E-state index in [4.69, 9.17) is 0 Å². The van der Waals surface area contributed by atoms with Crippen LogP contribution in [0.4, 0.5) is 0 Å². The minimum absolute atomic E-state index is 0.738. The normalized spacial score (nSPS) is 58.5. The predicted molar refractivity (Wildman–Crippen MR) is 39.8 cm³/mol. The van der Waals surface area contributed by atoms with Crippen molar-refractivity contribution in [1.82, 2.24) is 10.2 Å². The molecule has 3 aliphatic rings. The molecular weight excluding hydrogens is 124 g/mol. The lowest BCUT2D eigenvalue weighted by atomic mass is 10.0. The molecule has 1 aliphatic carbocycles. The van der Waals surface area contributed by atoms with Gasteiger partial charge in [0.25, 0.3) is 0 Å². The topological polar surface area (TPSA) is 15.3 Å². The second-order valence-corrected chi connectivity index (χ2v) is 4.51. The summed E-state index contributed by atoms with van der Waals surface area (Å²) in [6.07, 6.45) is 1.51. The first kappa shape index (κ1) is 5.56. The van der Waals surface area contributed by atoms with Crippen molar-refractivity contribution in [2.75, 3.05) is 33.2 Å². The maximum Gasteiger partial charge on any atom is 0.00539 e. The molecule has 0 amide bonds. The molecule has 0 spiro atoms. The summed E-state index contributed by atoms with van der Waals surface area (Å²) in [5.74, 6) is 0. The quantitative estimate of drug-likeness (QED) is 0.503. The molecule has 1 N–H and O–H groups in total. The molecule has 2 unspecified atom stereocenters. The Morgan fingerprint density at radius 2 is 1.80 bits per heavy atom. The van der Waals surface area contributed by atoms with Crippen LogP contribution < -0.4 is 5.32 Å². The van der Waals surface area contributed by atoms with Crippen LogP contribution in [0.25, 0.3) is 0 Å². The molecule has 10 heavy (non-hydrogen) atoms. The van der Waals surface area contributed by atoms with Crippen LogP contribution in [0.3, 0.4) is 0 Å². The highest BCUT2D eigenvalue weighted by atomic mass is 15.2. The van der Waals surface area contributed by atoms with Crippen molar-refractivity contribution >= 4 is 0 Å². The molecule has 1 saturated carbocycles. The van der Waals surface area contributed by atoms with Crippen LogP contribution in [0.15, 0.2) is 0 Å². The van der Waals surface area contributed by atoms with E-state index < -0.39 is 0 Å². The zero-order chi connectivity index (χ0) is 6.82. The first-order valence-corrected chi connectivity index (χ1v) is 4.16. The third-order valence-corrected chi connectivity index (χ3v) is 3.75. The molecule has 2 heterocycles. The number of hydrogen-bond donors (Lipinski definition) is 1. The van der Waals surface area contributed by atoms with Gasteiger partial charge in [-0.25, -0.2) is 0 Å². The second-order valence-electron chi connectivity index (χ2n) is 4.51. The van der Waals surface area contributed by atoms with Crippen molar-refractivity contribution in [1.29, 1.82) is 0 Å². The van der Waals surface area contributed by atoms with Crippen LogP contribution in [-0.2, 0) is 0 Å². The summed E-state index contributed by atoms with van der Waals surface area (Å²) >= 11 is 0. The van der Waals surface area contributed by atoms with E-state index in [2.05, 4.69) is 17.3 Å². The highest BCUT2D eigenvalue weighted by Gasteiger charge is 2.73. The van der Waals surface area contributed by atoms with Crippen LogP contribution in [0.5, 0.6) is 0 Å². The number of hydrogen-bond acceptors (Lipinski definition) is 2. The molecule has 3 rings (SSSR count). The van der Waals surface area contributed by atoms with Gasteiger partial charge >= 0.3 is 0 Å². The number of nitrogens with zero attached hydrogens (tertiary/aromatic N) is 1. The van der Waals surface area contributed by atoms with Gasteiger partial charge in [0.1, 0.15) is 0 Å². The molecule has 0 radical (unpaired) electrons. The van der Waals surface area contributed by atoms with E-state index in [0.29, 0.717) is 0 Å². The highest BCUT2D eigenvalue weighted by molar-refractivity contribution is 5.25. The summed E-state index contributed by atoms with van der Waals surface area (Å²) in [4.78, 5) is 2.49. The van der Waals surface area contributed by atoms with Crippen molar-refractivity contribution < 1.29 is 0 Å². The maximum absolute atomic E-state index is 3.50. The average Bonchev–Trinajstić information content (AvgIpc) is 2.15. The summed E-state index contributed by atoms with van der Waals surface area (Å²) < 4.78 is 0. The number of rotatable bonds is 0. The minimum atomic E-state index is 0.738. The molecule has 3 fully saturated rings. The van der Waals surface area contributed by atoms with Gasteiger partial charge in [-0.05, 0) is 13.5 Å². The average molecular weight is 138 g/mol. The molecule has 2 aliphatic heterocycles. The van der Waals surface area contributed by atoms with E-state index in [9.17, 15) is 0 Å². The number of nitrogens with one attached hydrogen (secondary N) is 1. The largest absolute Gasteiger partial charge is 0.315 e. The van der Waals surface area contributed by atoms with Crippen LogP contribution in [-0.4, -0.2) is 38.1 Å². The van der Waals surface area contributed by atoms with Crippen molar-refractivity contribution in [3.05, 3.63) is 0 Å². The van der Waals surface area contributed by atoms with Gasteiger partial charge in [-0.3, -0.25) is 0 Å². The third-order valence-electron chi connectivity index (χ3n) is 3.75. The lowest BCUT2D eigenvalue weighted by molar-refractivity contribution is 0.306. The van der Waals surface area contributed by atoms with E-state index >= 15 is 0 Å². The van der Waals surface area contributed by atoms with E-state index in [1.165, 1.54) is 32.6 Å². The van der Waals surface area contributed by atoms with Crippen LogP contribution >= 0.6 is 0 Å². The minimum Gasteiger partial charge on any atom is -0.315 e. The Morgan fingerprint density at radius 3 is 2.40 bits per heavy atom. The van der Waals surface area contributed by atoms with E-state index in [1.807, 2.05) is 0 Å². The van der Waals surface area contributed by atoms with Crippen molar-refractivity contribution in [2.24, 2.45) is 10.8 Å². The maximum atomic E-state index is 3.50. The smallest absolute Gasteiger partial charge is 0.00539 e. The Labute approximate surface area is 61.6 Å². The van der Waals surface area contributed by atoms with Gasteiger partial charge in [-0.2, -0.15) is 0 Å². The molecule has 0 aromatic rings. The molecule has 0 aromatic heterocycles. The Kier molecular flexibility index (Phi) is 0.710.